The van der Waals surface area contributed by atoms with Crippen molar-refractivity contribution >= 4 is 0 Å². The van der Waals surface area contributed by atoms with E-state index >= 15 is 0 Å². The molecular formula is C26H32O11. The standard InChI is InChI=1S/C26H32O11/c1-32-18-7-12(3-5-16(18)28)24-14-10-35-25(15(14)11-34-24)13-4-6-17(19(8-13)33-2)36-26-23(31)22(30)21(29)20(9-27)37-26/h3-8,14-15,20-31H,9-11H2,1-2H3/t14-,15-,20?,21+,22?,23+,24+,25+,26-/m0/s1. The van der Waals surface area contributed by atoms with Gasteiger partial charge in [0.2, 0.25) is 6.29 Å². The molecule has 37 heavy (non-hydrogen) atoms. The second kappa shape index (κ2) is 10.6. The second-order valence-corrected chi connectivity index (χ2v) is 9.49. The predicted octanol–water partition coefficient (Wildman–Crippen LogP) is 0.663. The number of phenolic OH excluding ortho intramolecular Hbond substituents is 1. The molecule has 3 saturated heterocycles. The van der Waals surface area contributed by atoms with E-state index in [1.165, 1.54) is 14.2 Å². The van der Waals surface area contributed by atoms with E-state index in [4.69, 9.17) is 28.4 Å². The zero-order valence-electron chi connectivity index (χ0n) is 20.5. The first-order valence-corrected chi connectivity index (χ1v) is 12.1. The SMILES string of the molecule is COc1cc([C@H]2OC[C@H]3[C@@H]2CO[C@@H]3c2ccc(O[C@H]3OC(CO)[C@@H](O)C(O)[C@H]3O)c(OC)c2)ccc1O. The lowest BCUT2D eigenvalue weighted by molar-refractivity contribution is -0.277. The number of ether oxygens (including phenoxy) is 6. The van der Waals surface area contributed by atoms with Crippen LogP contribution < -0.4 is 14.2 Å². The summed E-state index contributed by atoms with van der Waals surface area (Å²) in [5.74, 6) is 1.27. The van der Waals surface area contributed by atoms with Crippen LogP contribution >= 0.6 is 0 Å². The molecular weight excluding hydrogens is 488 g/mol. The molecule has 11 nitrogen and oxygen atoms in total. The fraction of sp³-hybridized carbons (Fsp3) is 0.538. The van der Waals surface area contributed by atoms with Gasteiger partial charge in [0.25, 0.3) is 0 Å². The number of hydrogen-bond acceptors (Lipinski definition) is 11. The summed E-state index contributed by atoms with van der Waals surface area (Å²) in [6, 6.07) is 10.5. The highest BCUT2D eigenvalue weighted by Crippen LogP contribution is 2.51. The van der Waals surface area contributed by atoms with Crippen molar-refractivity contribution in [2.75, 3.05) is 34.0 Å². The highest BCUT2D eigenvalue weighted by atomic mass is 16.7. The Kier molecular flexibility index (Phi) is 7.46. The predicted molar refractivity (Wildman–Crippen MR) is 126 cm³/mol. The topological polar surface area (TPSA) is 157 Å². The van der Waals surface area contributed by atoms with Gasteiger partial charge in [0.1, 0.15) is 24.4 Å². The van der Waals surface area contributed by atoms with Crippen molar-refractivity contribution in [2.24, 2.45) is 11.8 Å². The average Bonchev–Trinajstić information content (AvgIpc) is 3.52. The Morgan fingerprint density at radius 1 is 0.784 bits per heavy atom. The Balaban J connectivity index is 1.32. The van der Waals surface area contributed by atoms with Crippen LogP contribution in [0.1, 0.15) is 23.3 Å². The fourth-order valence-corrected chi connectivity index (χ4v) is 5.35. The minimum Gasteiger partial charge on any atom is -0.504 e. The van der Waals surface area contributed by atoms with Gasteiger partial charge in [-0.3, -0.25) is 0 Å². The third kappa shape index (κ3) is 4.72. The first-order valence-electron chi connectivity index (χ1n) is 12.1. The molecule has 3 aliphatic heterocycles. The van der Waals surface area contributed by atoms with Gasteiger partial charge in [-0.1, -0.05) is 12.1 Å². The maximum absolute atomic E-state index is 10.3. The first-order chi connectivity index (χ1) is 17.9. The van der Waals surface area contributed by atoms with E-state index in [0.717, 1.165) is 11.1 Å². The summed E-state index contributed by atoms with van der Waals surface area (Å²) in [6.45, 7) is 0.436. The van der Waals surface area contributed by atoms with Gasteiger partial charge in [-0.05, 0) is 35.4 Å². The number of hydrogen-bond donors (Lipinski definition) is 5. The third-order valence-corrected chi connectivity index (χ3v) is 7.40. The van der Waals surface area contributed by atoms with Gasteiger partial charge in [0.15, 0.2) is 23.0 Å². The van der Waals surface area contributed by atoms with Crippen molar-refractivity contribution in [3.8, 4) is 23.0 Å². The van der Waals surface area contributed by atoms with E-state index in [0.29, 0.717) is 24.7 Å². The monoisotopic (exact) mass is 520 g/mol. The molecule has 0 aromatic heterocycles. The minimum absolute atomic E-state index is 0.0689. The maximum atomic E-state index is 10.3. The number of phenols is 1. The van der Waals surface area contributed by atoms with Crippen LogP contribution in [0.25, 0.3) is 0 Å². The molecule has 3 aliphatic rings. The molecule has 2 aromatic carbocycles. The molecule has 11 heteroatoms. The molecule has 0 amide bonds. The molecule has 5 rings (SSSR count). The molecule has 9 atom stereocenters. The zero-order valence-corrected chi connectivity index (χ0v) is 20.5. The van der Waals surface area contributed by atoms with Crippen LogP contribution in [0.5, 0.6) is 23.0 Å². The average molecular weight is 521 g/mol. The van der Waals surface area contributed by atoms with Crippen LogP contribution in [-0.4, -0.2) is 90.3 Å². The molecule has 3 fully saturated rings. The van der Waals surface area contributed by atoms with Crippen LogP contribution in [0, 0.1) is 11.8 Å². The van der Waals surface area contributed by atoms with Gasteiger partial charge in [0.05, 0.1) is 46.2 Å². The molecule has 3 heterocycles. The smallest absolute Gasteiger partial charge is 0.229 e. The first kappa shape index (κ1) is 26.0. The van der Waals surface area contributed by atoms with Crippen molar-refractivity contribution in [1.29, 1.82) is 0 Å². The number of fused-ring (bicyclic) bond motifs is 1. The number of benzene rings is 2. The normalized spacial score (nSPS) is 35.2. The Morgan fingerprint density at radius 2 is 1.38 bits per heavy atom. The molecule has 202 valence electrons. The molecule has 2 aromatic rings. The van der Waals surface area contributed by atoms with Crippen molar-refractivity contribution in [2.45, 2.75) is 42.9 Å². The lowest BCUT2D eigenvalue weighted by Crippen LogP contribution is -2.60. The van der Waals surface area contributed by atoms with E-state index in [9.17, 15) is 25.5 Å². The Bertz CT molecular complexity index is 1090. The van der Waals surface area contributed by atoms with E-state index in [-0.39, 0.29) is 35.5 Å². The minimum atomic E-state index is -1.55. The number of methoxy groups -OCH3 is 2. The molecule has 0 radical (unpaired) electrons. The summed E-state index contributed by atoms with van der Waals surface area (Å²) < 4.78 is 34.3. The number of aromatic hydroxyl groups is 1. The Labute approximate surface area is 213 Å². The lowest BCUT2D eigenvalue weighted by atomic mass is 9.85. The molecule has 0 bridgehead atoms. The maximum Gasteiger partial charge on any atom is 0.229 e. The van der Waals surface area contributed by atoms with Crippen LogP contribution in [0.15, 0.2) is 36.4 Å². The van der Waals surface area contributed by atoms with Crippen molar-refractivity contribution in [3.63, 3.8) is 0 Å². The largest absolute Gasteiger partial charge is 0.504 e. The number of aliphatic hydroxyl groups is 4. The van der Waals surface area contributed by atoms with Gasteiger partial charge in [-0.2, -0.15) is 0 Å². The van der Waals surface area contributed by atoms with Crippen LogP contribution in [0.4, 0.5) is 0 Å². The van der Waals surface area contributed by atoms with Gasteiger partial charge in [-0.25, -0.2) is 0 Å². The van der Waals surface area contributed by atoms with Crippen LogP contribution in [-0.2, 0) is 14.2 Å². The molecule has 5 N–H and O–H groups in total. The quantitative estimate of drug-likeness (QED) is 0.349. The molecule has 0 spiro atoms. The Hall–Kier alpha value is -2.64. The summed E-state index contributed by atoms with van der Waals surface area (Å²) in [7, 11) is 2.98. The number of rotatable bonds is 7. The Morgan fingerprint density at radius 3 is 1.97 bits per heavy atom. The van der Waals surface area contributed by atoms with Crippen molar-refractivity contribution in [3.05, 3.63) is 47.5 Å². The van der Waals surface area contributed by atoms with Gasteiger partial charge >= 0.3 is 0 Å². The van der Waals surface area contributed by atoms with E-state index < -0.39 is 37.3 Å². The molecule has 0 saturated carbocycles. The van der Waals surface area contributed by atoms with Gasteiger partial charge < -0.3 is 54.0 Å². The highest BCUT2D eigenvalue weighted by Gasteiger charge is 2.49. The number of aliphatic hydroxyl groups excluding tert-OH is 4. The van der Waals surface area contributed by atoms with Crippen LogP contribution in [0.2, 0.25) is 0 Å². The fourth-order valence-electron chi connectivity index (χ4n) is 5.35. The van der Waals surface area contributed by atoms with E-state index in [1.807, 2.05) is 12.1 Å². The summed E-state index contributed by atoms with van der Waals surface area (Å²) >= 11 is 0. The molecule has 0 aliphatic carbocycles. The van der Waals surface area contributed by atoms with E-state index in [1.54, 1.807) is 24.3 Å². The summed E-state index contributed by atoms with van der Waals surface area (Å²) in [6.07, 6.45) is -7.41. The van der Waals surface area contributed by atoms with E-state index in [2.05, 4.69) is 0 Å². The zero-order chi connectivity index (χ0) is 26.3. The summed E-state index contributed by atoms with van der Waals surface area (Å²) in [5.41, 5.74) is 1.77. The summed E-state index contributed by atoms with van der Waals surface area (Å²) in [4.78, 5) is 0. The van der Waals surface area contributed by atoms with Crippen molar-refractivity contribution in [1.82, 2.24) is 0 Å². The van der Waals surface area contributed by atoms with Gasteiger partial charge in [0, 0.05) is 11.8 Å². The lowest BCUT2D eigenvalue weighted by Gasteiger charge is -2.39. The van der Waals surface area contributed by atoms with Crippen LogP contribution in [0.3, 0.4) is 0 Å². The van der Waals surface area contributed by atoms with Gasteiger partial charge in [-0.15, -0.1) is 0 Å². The highest BCUT2D eigenvalue weighted by molar-refractivity contribution is 5.45. The second-order valence-electron chi connectivity index (χ2n) is 9.49. The summed E-state index contributed by atoms with van der Waals surface area (Å²) in [5, 5.41) is 49.7. The van der Waals surface area contributed by atoms with Crippen molar-refractivity contribution < 1.29 is 54.0 Å². The molecule has 2 unspecified atom stereocenters. The third-order valence-electron chi connectivity index (χ3n) is 7.40.